The number of aromatic nitrogens is 1. The minimum Gasteiger partial charge on any atom is -0.481 e. The van der Waals surface area contributed by atoms with Gasteiger partial charge in [-0.05, 0) is 109 Å². The number of carboxylic acids is 1. The molecule has 2 unspecified atom stereocenters. The van der Waals surface area contributed by atoms with E-state index >= 15 is 4.39 Å². The summed E-state index contributed by atoms with van der Waals surface area (Å²) in [6, 6.07) is 3.58. The number of rotatable bonds is 12. The van der Waals surface area contributed by atoms with E-state index in [0.29, 0.717) is 34.9 Å². The molecule has 1 spiro atoms. The van der Waals surface area contributed by atoms with Crippen LogP contribution in [0.15, 0.2) is 41.3 Å². The standard InChI is InChI=1S/C38H44F5N3O4/c1-21(2)13-31(46-18-25(28(16-32(46)47)38(41,42)43)9-12-45-19-37(20-45)10-6-11-37)36(50)44-30(17-33(48)49)27-15-26(14-23(4)35(27)40)34-22(3)7-8-29(39)24(34)5/h7-8,14-16,18,21,30-31H,6,9-13,17,19-20H2,1-5H3,(H,44,50)(H,48,49). The van der Waals surface area contributed by atoms with E-state index in [4.69, 9.17) is 0 Å². The number of alkyl halides is 3. The Kier molecular flexibility index (Phi) is 10.6. The van der Waals surface area contributed by atoms with Gasteiger partial charge in [-0.3, -0.25) is 14.4 Å². The molecule has 1 amide bonds. The van der Waals surface area contributed by atoms with E-state index in [1.54, 1.807) is 33.8 Å². The molecular formula is C38H44F5N3O4. The average Bonchev–Trinajstić information content (AvgIpc) is 2.97. The van der Waals surface area contributed by atoms with Crippen LogP contribution in [0, 0.1) is 43.7 Å². The summed E-state index contributed by atoms with van der Waals surface area (Å²) >= 11 is 0. The predicted octanol–water partition coefficient (Wildman–Crippen LogP) is 7.69. The number of nitrogens with one attached hydrogen (secondary N) is 1. The van der Waals surface area contributed by atoms with Gasteiger partial charge in [-0.15, -0.1) is 0 Å². The van der Waals surface area contributed by atoms with E-state index < -0.39 is 59.3 Å². The number of nitrogens with zero attached hydrogens (tertiary/aromatic N) is 2. The lowest BCUT2D eigenvalue weighted by Crippen LogP contribution is -2.59. The normalized spacial score (nSPS) is 16.9. The minimum absolute atomic E-state index is 0.0130. The Bertz CT molecular complexity index is 1840. The van der Waals surface area contributed by atoms with Gasteiger partial charge in [0.2, 0.25) is 5.91 Å². The van der Waals surface area contributed by atoms with E-state index in [2.05, 4.69) is 10.2 Å². The zero-order chi connectivity index (χ0) is 36.7. The molecule has 12 heteroatoms. The largest absolute Gasteiger partial charge is 0.481 e. The molecule has 1 saturated carbocycles. The Hall–Kier alpha value is -4.06. The van der Waals surface area contributed by atoms with Crippen molar-refractivity contribution < 1.29 is 36.6 Å². The van der Waals surface area contributed by atoms with Crippen LogP contribution in [-0.2, 0) is 22.2 Å². The van der Waals surface area contributed by atoms with Crippen molar-refractivity contribution in [1.82, 2.24) is 14.8 Å². The first-order valence-electron chi connectivity index (χ1n) is 17.0. The molecular weight excluding hydrogens is 657 g/mol. The summed E-state index contributed by atoms with van der Waals surface area (Å²) in [7, 11) is 0. The second-order valence-electron chi connectivity index (χ2n) is 14.6. The maximum Gasteiger partial charge on any atom is 0.416 e. The van der Waals surface area contributed by atoms with Crippen molar-refractivity contribution in [2.24, 2.45) is 11.3 Å². The number of hydrogen-bond acceptors (Lipinski definition) is 4. The fraction of sp³-hybridized carbons (Fsp3) is 0.500. The summed E-state index contributed by atoms with van der Waals surface area (Å²) in [5, 5.41) is 12.4. The van der Waals surface area contributed by atoms with Crippen molar-refractivity contribution in [3.05, 3.63) is 91.9 Å². The molecule has 2 atom stereocenters. The van der Waals surface area contributed by atoms with Crippen LogP contribution < -0.4 is 10.9 Å². The van der Waals surface area contributed by atoms with Crippen molar-refractivity contribution >= 4 is 11.9 Å². The molecule has 50 heavy (non-hydrogen) atoms. The zero-order valence-electron chi connectivity index (χ0n) is 29.0. The van der Waals surface area contributed by atoms with Gasteiger partial charge in [0.15, 0.2) is 0 Å². The summed E-state index contributed by atoms with van der Waals surface area (Å²) < 4.78 is 73.9. The van der Waals surface area contributed by atoms with Gasteiger partial charge in [-0.2, -0.15) is 13.2 Å². The van der Waals surface area contributed by atoms with Crippen LogP contribution in [-0.4, -0.2) is 46.1 Å². The molecule has 1 saturated heterocycles. The SMILES string of the molecule is Cc1cc(-c2c(C)ccc(F)c2C)cc(C(CC(=O)O)NC(=O)C(CC(C)C)n2cc(CCN3CC4(CCC4)C3)c(C(F)(F)F)cc2=O)c1F. The highest BCUT2D eigenvalue weighted by Gasteiger charge is 2.47. The van der Waals surface area contributed by atoms with Gasteiger partial charge in [0.05, 0.1) is 18.0 Å². The van der Waals surface area contributed by atoms with Gasteiger partial charge >= 0.3 is 12.1 Å². The third kappa shape index (κ3) is 7.80. The Morgan fingerprint density at radius 3 is 2.28 bits per heavy atom. The molecule has 1 aliphatic heterocycles. The molecule has 2 aliphatic rings. The van der Waals surface area contributed by atoms with E-state index in [0.717, 1.165) is 43.1 Å². The van der Waals surface area contributed by atoms with Crippen molar-refractivity contribution in [3.63, 3.8) is 0 Å². The van der Waals surface area contributed by atoms with Gasteiger partial charge in [-0.25, -0.2) is 8.78 Å². The zero-order valence-corrected chi connectivity index (χ0v) is 29.0. The van der Waals surface area contributed by atoms with Crippen molar-refractivity contribution in [1.29, 1.82) is 0 Å². The molecule has 1 aliphatic carbocycles. The molecule has 2 fully saturated rings. The Balaban J connectivity index is 1.51. The fourth-order valence-electron chi connectivity index (χ4n) is 7.57. The Labute approximate surface area is 288 Å². The van der Waals surface area contributed by atoms with Crippen LogP contribution in [0.4, 0.5) is 22.0 Å². The first-order valence-corrected chi connectivity index (χ1v) is 17.0. The smallest absolute Gasteiger partial charge is 0.416 e. The number of carboxylic acid groups (broad SMARTS) is 1. The summed E-state index contributed by atoms with van der Waals surface area (Å²) in [4.78, 5) is 41.5. The summed E-state index contributed by atoms with van der Waals surface area (Å²) in [6.45, 7) is 10.4. The molecule has 270 valence electrons. The van der Waals surface area contributed by atoms with E-state index in [1.807, 2.05) is 0 Å². The first-order chi connectivity index (χ1) is 23.4. The van der Waals surface area contributed by atoms with Gasteiger partial charge < -0.3 is 19.9 Å². The number of halogens is 5. The molecule has 2 aromatic carbocycles. The number of pyridine rings is 1. The third-order valence-electron chi connectivity index (χ3n) is 10.3. The van der Waals surface area contributed by atoms with E-state index in [1.165, 1.54) is 25.1 Å². The van der Waals surface area contributed by atoms with Crippen LogP contribution in [0.3, 0.4) is 0 Å². The van der Waals surface area contributed by atoms with Crippen LogP contribution in [0.2, 0.25) is 0 Å². The van der Waals surface area contributed by atoms with Crippen molar-refractivity contribution in [2.75, 3.05) is 19.6 Å². The first kappa shape index (κ1) is 37.2. The van der Waals surface area contributed by atoms with Crippen LogP contribution in [0.1, 0.15) is 91.4 Å². The average molecular weight is 702 g/mol. The number of aliphatic carboxylic acids is 1. The maximum atomic E-state index is 15.8. The van der Waals surface area contributed by atoms with Gasteiger partial charge in [-0.1, -0.05) is 26.3 Å². The number of benzene rings is 2. The molecule has 2 heterocycles. The van der Waals surface area contributed by atoms with Gasteiger partial charge in [0.1, 0.15) is 17.7 Å². The van der Waals surface area contributed by atoms with Crippen LogP contribution >= 0.6 is 0 Å². The Morgan fingerprint density at radius 1 is 1.02 bits per heavy atom. The quantitative estimate of drug-likeness (QED) is 0.189. The summed E-state index contributed by atoms with van der Waals surface area (Å²) in [6.07, 6.45) is -0.973. The topological polar surface area (TPSA) is 91.6 Å². The summed E-state index contributed by atoms with van der Waals surface area (Å²) in [5.41, 5.74) is -0.00592. The number of carbonyl (C=O) groups is 2. The maximum absolute atomic E-state index is 15.8. The lowest BCUT2D eigenvalue weighted by atomic mass is 9.63. The second-order valence-corrected chi connectivity index (χ2v) is 14.6. The molecule has 2 N–H and O–H groups in total. The lowest BCUT2D eigenvalue weighted by Gasteiger charge is -2.56. The van der Waals surface area contributed by atoms with Crippen LogP contribution in [0.25, 0.3) is 11.1 Å². The fourth-order valence-corrected chi connectivity index (χ4v) is 7.57. The molecule has 1 aromatic heterocycles. The van der Waals surface area contributed by atoms with Gasteiger partial charge in [0, 0.05) is 37.5 Å². The number of carbonyl (C=O) groups excluding carboxylic acids is 1. The van der Waals surface area contributed by atoms with Crippen LogP contribution in [0.5, 0.6) is 0 Å². The monoisotopic (exact) mass is 701 g/mol. The number of hydrogen-bond donors (Lipinski definition) is 2. The second kappa shape index (κ2) is 14.3. The molecule has 7 nitrogen and oxygen atoms in total. The molecule has 0 radical (unpaired) electrons. The predicted molar refractivity (Wildman–Crippen MR) is 180 cm³/mol. The minimum atomic E-state index is -4.79. The van der Waals surface area contributed by atoms with E-state index in [9.17, 15) is 37.1 Å². The number of amides is 1. The van der Waals surface area contributed by atoms with E-state index in [-0.39, 0.29) is 40.9 Å². The van der Waals surface area contributed by atoms with Crippen molar-refractivity contribution in [3.8, 4) is 11.1 Å². The highest BCUT2D eigenvalue weighted by atomic mass is 19.4. The van der Waals surface area contributed by atoms with Crippen molar-refractivity contribution in [2.45, 2.75) is 91.4 Å². The highest BCUT2D eigenvalue weighted by Crippen LogP contribution is 2.48. The lowest BCUT2D eigenvalue weighted by molar-refractivity contribution is -0.139. The number of likely N-dealkylation sites (tertiary alicyclic amines) is 1. The number of aryl methyl sites for hydroxylation is 2. The third-order valence-corrected chi connectivity index (χ3v) is 10.3. The molecule has 0 bridgehead atoms. The molecule has 3 aromatic rings. The summed E-state index contributed by atoms with van der Waals surface area (Å²) in [5.74, 6) is -3.64. The molecule has 5 rings (SSSR count). The Morgan fingerprint density at radius 2 is 1.70 bits per heavy atom. The highest BCUT2D eigenvalue weighted by molar-refractivity contribution is 5.82. The van der Waals surface area contributed by atoms with Gasteiger partial charge in [0.25, 0.3) is 5.56 Å².